The van der Waals surface area contributed by atoms with Crippen molar-refractivity contribution in [2.45, 2.75) is 32.1 Å². The molecule has 0 saturated heterocycles. The van der Waals surface area contributed by atoms with E-state index in [0.717, 1.165) is 18.4 Å². The Hall–Kier alpha value is -2.57. The summed E-state index contributed by atoms with van der Waals surface area (Å²) in [4.78, 5) is 11.6. The largest absolute Gasteiger partial charge is 0.481 e. The third-order valence-corrected chi connectivity index (χ3v) is 3.72. The number of pyridine rings is 1. The topological polar surface area (TPSA) is 108 Å². The molecule has 1 aliphatic carbocycles. The Balaban J connectivity index is 2.35. The zero-order chi connectivity index (χ0) is 16.3. The highest BCUT2D eigenvalue weighted by molar-refractivity contribution is 5.83. The smallest absolute Gasteiger partial charge is 0.221 e. The normalized spacial score (nSPS) is 17.5. The number of allylic oxidation sites excluding steroid dienone is 1. The van der Waals surface area contributed by atoms with E-state index in [2.05, 4.69) is 28.6 Å². The molecule has 22 heavy (non-hydrogen) atoms. The van der Waals surface area contributed by atoms with E-state index in [0.29, 0.717) is 17.4 Å². The van der Waals surface area contributed by atoms with Crippen LogP contribution in [0.25, 0.3) is 0 Å². The fraction of sp³-hybridized carbons (Fsp3) is 0.400. The fourth-order valence-electron chi connectivity index (χ4n) is 1.98. The summed E-state index contributed by atoms with van der Waals surface area (Å²) in [5.41, 5.74) is 12.4. The molecule has 7 heteroatoms. The lowest BCUT2D eigenvalue weighted by atomic mass is 9.99. The Bertz CT molecular complexity index is 647. The van der Waals surface area contributed by atoms with E-state index >= 15 is 0 Å². The molecule has 118 valence electrons. The summed E-state index contributed by atoms with van der Waals surface area (Å²) in [7, 11) is 1.56. The predicted octanol–water partition coefficient (Wildman–Crippen LogP) is 1.68. The van der Waals surface area contributed by atoms with Crippen LogP contribution < -0.4 is 20.9 Å². The van der Waals surface area contributed by atoms with Gasteiger partial charge in [-0.05, 0) is 31.9 Å². The van der Waals surface area contributed by atoms with Crippen LogP contribution in [0.3, 0.4) is 0 Å². The highest BCUT2D eigenvalue weighted by Gasteiger charge is 2.42. The molecule has 0 aromatic carbocycles. The molecule has 7 nitrogen and oxygen atoms in total. The van der Waals surface area contributed by atoms with Crippen molar-refractivity contribution in [3.63, 3.8) is 0 Å². The Labute approximate surface area is 129 Å². The van der Waals surface area contributed by atoms with Gasteiger partial charge in [-0.1, -0.05) is 6.92 Å². The molecule has 1 aromatic rings. The van der Waals surface area contributed by atoms with E-state index in [-0.39, 0.29) is 17.2 Å². The third kappa shape index (κ3) is 3.36. The molecule has 0 radical (unpaired) electrons. The maximum Gasteiger partial charge on any atom is 0.221 e. The summed E-state index contributed by atoms with van der Waals surface area (Å²) in [6.45, 7) is 7.16. The van der Waals surface area contributed by atoms with Crippen molar-refractivity contribution in [1.29, 1.82) is 0 Å². The Kier molecular flexibility index (Phi) is 4.35. The molecule has 4 N–H and O–H groups in total. The minimum absolute atomic E-state index is 0.0119. The van der Waals surface area contributed by atoms with Crippen LogP contribution >= 0.6 is 0 Å². The van der Waals surface area contributed by atoms with Gasteiger partial charge in [0.25, 0.3) is 0 Å². The van der Waals surface area contributed by atoms with E-state index < -0.39 is 0 Å². The van der Waals surface area contributed by atoms with Crippen LogP contribution in [0.4, 0.5) is 0 Å². The van der Waals surface area contributed by atoms with Gasteiger partial charge in [-0.2, -0.15) is 4.99 Å². The fourth-order valence-corrected chi connectivity index (χ4v) is 1.98. The lowest BCUT2D eigenvalue weighted by molar-refractivity contribution is 0.379. The second kappa shape index (κ2) is 6.05. The number of methoxy groups -OCH3 is 1. The molecule has 1 aliphatic rings. The number of rotatable bonds is 5. The second-order valence-electron chi connectivity index (χ2n) is 5.46. The lowest BCUT2D eigenvalue weighted by Crippen LogP contribution is -2.13. The number of nitrogens with zero attached hydrogens (tertiary/aromatic N) is 3. The zero-order valence-electron chi connectivity index (χ0n) is 13.1. The third-order valence-electron chi connectivity index (χ3n) is 3.72. The first kappa shape index (κ1) is 15.8. The van der Waals surface area contributed by atoms with Gasteiger partial charge in [-0.3, -0.25) is 0 Å². The van der Waals surface area contributed by atoms with E-state index in [1.807, 2.05) is 0 Å². The highest BCUT2D eigenvalue weighted by Crippen LogP contribution is 2.51. The maximum absolute atomic E-state index is 5.87. The number of hydrogen-bond acceptors (Lipinski definition) is 5. The van der Waals surface area contributed by atoms with Crippen LogP contribution in [0, 0.1) is 0 Å². The molecule has 1 saturated carbocycles. The highest BCUT2D eigenvalue weighted by atomic mass is 16.5. The SMILES string of the molecule is C=NC(N)=N/C(N)=C(\C)Oc1cc(OC)ncc1C1(C)CC1. The summed E-state index contributed by atoms with van der Waals surface area (Å²) in [5, 5.41) is 0. The summed E-state index contributed by atoms with van der Waals surface area (Å²) in [6, 6.07) is 1.74. The lowest BCUT2D eigenvalue weighted by Gasteiger charge is -2.16. The average molecular weight is 303 g/mol. The Morgan fingerprint density at radius 1 is 1.41 bits per heavy atom. The van der Waals surface area contributed by atoms with Crippen LogP contribution in [-0.2, 0) is 5.41 Å². The number of guanidine groups is 1. The van der Waals surface area contributed by atoms with Gasteiger partial charge in [0.1, 0.15) is 11.5 Å². The minimum atomic E-state index is -0.0119. The van der Waals surface area contributed by atoms with E-state index in [1.165, 1.54) is 0 Å². The molecule has 1 fully saturated rings. The monoisotopic (exact) mass is 303 g/mol. The maximum atomic E-state index is 5.87. The first-order valence-electron chi connectivity index (χ1n) is 6.89. The summed E-state index contributed by atoms with van der Waals surface area (Å²) in [5.74, 6) is 1.69. The van der Waals surface area contributed by atoms with Crippen LogP contribution in [0.15, 0.2) is 33.8 Å². The van der Waals surface area contributed by atoms with Gasteiger partial charge in [0, 0.05) is 17.8 Å². The van der Waals surface area contributed by atoms with Gasteiger partial charge in [0.15, 0.2) is 5.82 Å². The number of aliphatic imine (C=N–C) groups is 2. The molecule has 0 spiro atoms. The molecule has 1 heterocycles. The quantitative estimate of drug-likeness (QED) is 0.489. The summed E-state index contributed by atoms with van der Waals surface area (Å²) in [6.07, 6.45) is 3.98. The van der Waals surface area contributed by atoms with Crippen molar-refractivity contribution in [2.75, 3.05) is 7.11 Å². The van der Waals surface area contributed by atoms with Gasteiger partial charge in [0.05, 0.1) is 7.11 Å². The molecule has 1 aromatic heterocycles. The number of aromatic nitrogens is 1. The van der Waals surface area contributed by atoms with Crippen LogP contribution in [0.5, 0.6) is 11.6 Å². The standard InChI is InChI=1S/C15H21N5O2/c1-9(13(16)20-14(17)18-3)22-11-7-12(21-4)19-8-10(11)15(2)5-6-15/h7-8H,3,5-6,16H2,1-2,4H3,(H2,17,20)/b13-9+. The van der Waals surface area contributed by atoms with Crippen LogP contribution in [0.1, 0.15) is 32.3 Å². The Morgan fingerprint density at radius 2 is 2.09 bits per heavy atom. The van der Waals surface area contributed by atoms with Gasteiger partial charge in [-0.15, -0.1) is 0 Å². The first-order valence-corrected chi connectivity index (χ1v) is 6.89. The van der Waals surface area contributed by atoms with Crippen molar-refractivity contribution >= 4 is 12.7 Å². The predicted molar refractivity (Wildman–Crippen MR) is 86.1 cm³/mol. The van der Waals surface area contributed by atoms with Crippen LogP contribution in [0.2, 0.25) is 0 Å². The van der Waals surface area contributed by atoms with Crippen molar-refractivity contribution in [1.82, 2.24) is 4.98 Å². The molecule has 0 unspecified atom stereocenters. The van der Waals surface area contributed by atoms with Gasteiger partial charge in [0.2, 0.25) is 11.8 Å². The molecule has 2 rings (SSSR count). The number of nitrogens with two attached hydrogens (primary N) is 2. The van der Waals surface area contributed by atoms with Gasteiger partial charge >= 0.3 is 0 Å². The molecule has 0 aliphatic heterocycles. The number of hydrogen-bond donors (Lipinski definition) is 2. The molecule has 0 atom stereocenters. The van der Waals surface area contributed by atoms with Gasteiger partial charge < -0.3 is 20.9 Å². The second-order valence-corrected chi connectivity index (χ2v) is 5.46. The Morgan fingerprint density at radius 3 is 2.64 bits per heavy atom. The van der Waals surface area contributed by atoms with E-state index in [9.17, 15) is 0 Å². The van der Waals surface area contributed by atoms with Crippen molar-refractivity contribution in [2.24, 2.45) is 21.5 Å². The zero-order valence-corrected chi connectivity index (χ0v) is 13.1. The molecular weight excluding hydrogens is 282 g/mol. The van der Waals surface area contributed by atoms with Gasteiger partial charge in [-0.25, -0.2) is 9.98 Å². The van der Waals surface area contributed by atoms with E-state index in [1.54, 1.807) is 26.3 Å². The average Bonchev–Trinajstić information content (AvgIpc) is 3.25. The summed E-state index contributed by atoms with van der Waals surface area (Å²) < 4.78 is 11.0. The molecule has 0 amide bonds. The van der Waals surface area contributed by atoms with Crippen molar-refractivity contribution < 1.29 is 9.47 Å². The molecular formula is C15H21N5O2. The minimum Gasteiger partial charge on any atom is -0.481 e. The van der Waals surface area contributed by atoms with Crippen LogP contribution in [-0.4, -0.2) is 24.8 Å². The number of ether oxygens (including phenoxy) is 2. The summed E-state index contributed by atoms with van der Waals surface area (Å²) >= 11 is 0. The van der Waals surface area contributed by atoms with Crippen molar-refractivity contribution in [3.05, 3.63) is 29.4 Å². The van der Waals surface area contributed by atoms with E-state index in [4.69, 9.17) is 20.9 Å². The van der Waals surface area contributed by atoms with Crippen molar-refractivity contribution in [3.8, 4) is 11.6 Å². The molecule has 0 bridgehead atoms. The first-order chi connectivity index (χ1) is 10.4.